The SMILES string of the molecule is CCNC(=NCCN1CCCS1(=O)=O)NC1CC1.I. The van der Waals surface area contributed by atoms with Crippen LogP contribution in [0.2, 0.25) is 0 Å². The molecule has 0 atom stereocenters. The fraction of sp³-hybridized carbons (Fsp3) is 0.909. The predicted molar refractivity (Wildman–Crippen MR) is 87.5 cm³/mol. The third kappa shape index (κ3) is 5.42. The van der Waals surface area contributed by atoms with Crippen LogP contribution in [-0.2, 0) is 10.0 Å². The molecule has 2 aliphatic rings. The fourth-order valence-corrected chi connectivity index (χ4v) is 3.48. The second-order valence-corrected chi connectivity index (χ2v) is 6.84. The van der Waals surface area contributed by atoms with Gasteiger partial charge in [0, 0.05) is 25.7 Å². The lowest BCUT2D eigenvalue weighted by Gasteiger charge is -2.14. The molecular weight excluding hydrogens is 379 g/mol. The van der Waals surface area contributed by atoms with Crippen LogP contribution in [0.15, 0.2) is 4.99 Å². The van der Waals surface area contributed by atoms with Crippen molar-refractivity contribution in [1.29, 1.82) is 0 Å². The summed E-state index contributed by atoms with van der Waals surface area (Å²) in [6.07, 6.45) is 3.14. The first-order chi connectivity index (χ1) is 8.62. The molecule has 2 fully saturated rings. The first-order valence-corrected chi connectivity index (χ1v) is 8.25. The van der Waals surface area contributed by atoms with Crippen molar-refractivity contribution >= 4 is 40.0 Å². The topological polar surface area (TPSA) is 73.8 Å². The van der Waals surface area contributed by atoms with Crippen molar-refractivity contribution in [3.05, 3.63) is 0 Å². The van der Waals surface area contributed by atoms with E-state index in [0.717, 1.165) is 18.9 Å². The zero-order chi connectivity index (χ0) is 13.0. The lowest BCUT2D eigenvalue weighted by atomic mass is 10.5. The van der Waals surface area contributed by atoms with Crippen molar-refractivity contribution < 1.29 is 8.42 Å². The van der Waals surface area contributed by atoms with E-state index in [9.17, 15) is 8.42 Å². The van der Waals surface area contributed by atoms with Crippen molar-refractivity contribution in [3.63, 3.8) is 0 Å². The summed E-state index contributed by atoms with van der Waals surface area (Å²) in [4.78, 5) is 4.41. The van der Waals surface area contributed by atoms with Gasteiger partial charge in [-0.3, -0.25) is 4.99 Å². The molecule has 0 amide bonds. The van der Waals surface area contributed by atoms with Gasteiger partial charge in [0.15, 0.2) is 5.96 Å². The van der Waals surface area contributed by atoms with E-state index in [-0.39, 0.29) is 29.7 Å². The average Bonchev–Trinajstić information content (AvgIpc) is 3.05. The molecule has 1 aliphatic carbocycles. The molecule has 0 aromatic carbocycles. The normalized spacial score (nSPS) is 22.9. The molecule has 2 N–H and O–H groups in total. The molecular formula is C11H23IN4O2S. The van der Waals surface area contributed by atoms with E-state index in [1.165, 1.54) is 17.1 Å². The molecule has 0 bridgehead atoms. The minimum Gasteiger partial charge on any atom is -0.357 e. The highest BCUT2D eigenvalue weighted by Crippen LogP contribution is 2.18. The zero-order valence-electron chi connectivity index (χ0n) is 11.3. The first-order valence-electron chi connectivity index (χ1n) is 6.64. The Labute approximate surface area is 132 Å². The number of hydrogen-bond acceptors (Lipinski definition) is 3. The Morgan fingerprint density at radius 3 is 2.68 bits per heavy atom. The van der Waals surface area contributed by atoms with Gasteiger partial charge in [-0.15, -0.1) is 24.0 Å². The maximum Gasteiger partial charge on any atom is 0.214 e. The second-order valence-electron chi connectivity index (χ2n) is 4.75. The quantitative estimate of drug-likeness (QED) is 0.396. The van der Waals surface area contributed by atoms with Gasteiger partial charge < -0.3 is 10.6 Å². The molecule has 1 saturated carbocycles. The summed E-state index contributed by atoms with van der Waals surface area (Å²) < 4.78 is 24.7. The molecule has 0 unspecified atom stereocenters. The van der Waals surface area contributed by atoms with Crippen LogP contribution in [0.1, 0.15) is 26.2 Å². The third-order valence-corrected chi connectivity index (χ3v) is 5.04. The summed E-state index contributed by atoms with van der Waals surface area (Å²) >= 11 is 0. The van der Waals surface area contributed by atoms with Crippen LogP contribution in [0.25, 0.3) is 0 Å². The van der Waals surface area contributed by atoms with Crippen LogP contribution < -0.4 is 10.6 Å². The van der Waals surface area contributed by atoms with Gasteiger partial charge in [-0.2, -0.15) is 0 Å². The van der Waals surface area contributed by atoms with Crippen molar-refractivity contribution in [1.82, 2.24) is 14.9 Å². The van der Waals surface area contributed by atoms with Gasteiger partial charge in [0.2, 0.25) is 10.0 Å². The van der Waals surface area contributed by atoms with E-state index in [1.54, 1.807) is 0 Å². The van der Waals surface area contributed by atoms with Gasteiger partial charge in [-0.25, -0.2) is 12.7 Å². The van der Waals surface area contributed by atoms with E-state index < -0.39 is 10.0 Å². The fourth-order valence-electron chi connectivity index (χ4n) is 1.96. The highest BCUT2D eigenvalue weighted by Gasteiger charge is 2.27. The van der Waals surface area contributed by atoms with E-state index in [1.807, 2.05) is 6.92 Å². The molecule has 6 nitrogen and oxygen atoms in total. The predicted octanol–water partition coefficient (Wildman–Crippen LogP) is 0.357. The van der Waals surface area contributed by atoms with E-state index in [0.29, 0.717) is 25.7 Å². The number of halogens is 1. The van der Waals surface area contributed by atoms with Crippen LogP contribution >= 0.6 is 24.0 Å². The monoisotopic (exact) mass is 402 g/mol. The van der Waals surface area contributed by atoms with Crippen LogP contribution in [0.5, 0.6) is 0 Å². The molecule has 0 spiro atoms. The minimum atomic E-state index is -2.98. The molecule has 1 saturated heterocycles. The Morgan fingerprint density at radius 2 is 2.16 bits per heavy atom. The van der Waals surface area contributed by atoms with Crippen LogP contribution in [0.3, 0.4) is 0 Å². The first kappa shape index (κ1) is 17.0. The number of sulfonamides is 1. The van der Waals surface area contributed by atoms with Crippen molar-refractivity contribution in [2.24, 2.45) is 4.99 Å². The average molecular weight is 402 g/mol. The van der Waals surface area contributed by atoms with Gasteiger partial charge in [-0.05, 0) is 26.2 Å². The largest absolute Gasteiger partial charge is 0.357 e. The summed E-state index contributed by atoms with van der Waals surface area (Å²) in [7, 11) is -2.98. The van der Waals surface area contributed by atoms with Crippen molar-refractivity contribution in [2.45, 2.75) is 32.2 Å². The van der Waals surface area contributed by atoms with Crippen LogP contribution in [0.4, 0.5) is 0 Å². The standard InChI is InChI=1S/C11H22N4O2S.HI/c1-2-12-11(14-10-4-5-10)13-6-8-15-7-3-9-18(15,16)17;/h10H,2-9H2,1H3,(H2,12,13,14);1H. The minimum absolute atomic E-state index is 0. The number of rotatable bonds is 5. The summed E-state index contributed by atoms with van der Waals surface area (Å²) in [6.45, 7) is 4.49. The Balaban J connectivity index is 0.00000180. The molecule has 0 radical (unpaired) electrons. The number of guanidine groups is 1. The molecule has 1 aliphatic heterocycles. The van der Waals surface area contributed by atoms with E-state index in [2.05, 4.69) is 15.6 Å². The highest BCUT2D eigenvalue weighted by molar-refractivity contribution is 14.0. The lowest BCUT2D eigenvalue weighted by Crippen LogP contribution is -2.39. The summed E-state index contributed by atoms with van der Waals surface area (Å²) in [5, 5.41) is 6.48. The summed E-state index contributed by atoms with van der Waals surface area (Å²) in [5.41, 5.74) is 0. The van der Waals surface area contributed by atoms with E-state index >= 15 is 0 Å². The molecule has 8 heteroatoms. The van der Waals surface area contributed by atoms with Crippen LogP contribution in [0, 0.1) is 0 Å². The summed E-state index contributed by atoms with van der Waals surface area (Å²) in [5.74, 6) is 1.09. The maximum atomic E-state index is 11.6. The summed E-state index contributed by atoms with van der Waals surface area (Å²) in [6, 6.07) is 0.554. The number of nitrogens with zero attached hydrogens (tertiary/aromatic N) is 2. The molecule has 2 rings (SSSR count). The lowest BCUT2D eigenvalue weighted by molar-refractivity contribution is 0.452. The molecule has 19 heavy (non-hydrogen) atoms. The number of aliphatic imine (C=N–C) groups is 1. The van der Waals surface area contributed by atoms with Gasteiger partial charge in [0.25, 0.3) is 0 Å². The van der Waals surface area contributed by atoms with Crippen molar-refractivity contribution in [3.8, 4) is 0 Å². The van der Waals surface area contributed by atoms with E-state index in [4.69, 9.17) is 0 Å². The van der Waals surface area contributed by atoms with Gasteiger partial charge in [0.05, 0.1) is 12.3 Å². The number of nitrogens with one attached hydrogen (secondary N) is 2. The Morgan fingerprint density at radius 1 is 1.42 bits per heavy atom. The zero-order valence-corrected chi connectivity index (χ0v) is 14.4. The highest BCUT2D eigenvalue weighted by atomic mass is 127. The molecule has 112 valence electrons. The molecule has 0 aromatic heterocycles. The van der Waals surface area contributed by atoms with Gasteiger partial charge in [0.1, 0.15) is 0 Å². The Kier molecular flexibility index (Phi) is 6.81. The Hall–Kier alpha value is -0.0900. The van der Waals surface area contributed by atoms with Gasteiger partial charge in [-0.1, -0.05) is 0 Å². The third-order valence-electron chi connectivity index (χ3n) is 3.08. The maximum absolute atomic E-state index is 11.6. The second kappa shape index (κ2) is 7.63. The van der Waals surface area contributed by atoms with Gasteiger partial charge >= 0.3 is 0 Å². The van der Waals surface area contributed by atoms with Crippen LogP contribution in [-0.4, -0.2) is 56.7 Å². The van der Waals surface area contributed by atoms with Crippen molar-refractivity contribution in [2.75, 3.05) is 31.9 Å². The smallest absolute Gasteiger partial charge is 0.214 e. The molecule has 1 heterocycles. The number of hydrogen-bond donors (Lipinski definition) is 2. The molecule has 0 aromatic rings. The Bertz CT molecular complexity index is 409.